The van der Waals surface area contributed by atoms with Gasteiger partial charge in [0.15, 0.2) is 0 Å². The fourth-order valence-corrected chi connectivity index (χ4v) is 2.97. The van der Waals surface area contributed by atoms with Gasteiger partial charge >= 0.3 is 0 Å². The molecule has 0 bridgehead atoms. The topological polar surface area (TPSA) is 60.0 Å². The van der Waals surface area contributed by atoms with E-state index < -0.39 is 0 Å². The highest BCUT2D eigenvalue weighted by atomic mass is 15.4. The van der Waals surface area contributed by atoms with Gasteiger partial charge in [0.1, 0.15) is 12.2 Å². The largest absolute Gasteiger partial charge is 0.328 e. The van der Waals surface area contributed by atoms with E-state index in [2.05, 4.69) is 35.8 Å². The Morgan fingerprint density at radius 2 is 2.05 bits per heavy atom. The Bertz CT molecular complexity index is 379. The lowest BCUT2D eigenvalue weighted by atomic mass is 9.91. The number of hydrogen-bond donors (Lipinski definition) is 1. The van der Waals surface area contributed by atoms with Crippen LogP contribution in [0.15, 0.2) is 6.33 Å². The lowest BCUT2D eigenvalue weighted by Gasteiger charge is -2.35. The van der Waals surface area contributed by atoms with Gasteiger partial charge in [0.2, 0.25) is 0 Å². The Balaban J connectivity index is 2.00. The zero-order valence-corrected chi connectivity index (χ0v) is 12.4. The first-order chi connectivity index (χ1) is 9.11. The molecule has 2 N–H and O–H groups in total. The Kier molecular flexibility index (Phi) is 4.93. The van der Waals surface area contributed by atoms with Crippen LogP contribution in [0.3, 0.4) is 0 Å². The molecule has 1 aliphatic carbocycles. The van der Waals surface area contributed by atoms with Gasteiger partial charge < -0.3 is 5.73 Å². The van der Waals surface area contributed by atoms with Crippen LogP contribution >= 0.6 is 0 Å². The molecule has 19 heavy (non-hydrogen) atoms. The lowest BCUT2D eigenvalue weighted by molar-refractivity contribution is 0.143. The first-order valence-electron chi connectivity index (χ1n) is 7.49. The highest BCUT2D eigenvalue weighted by molar-refractivity contribution is 4.89. The number of hydrogen-bond acceptors (Lipinski definition) is 4. The van der Waals surface area contributed by atoms with Crippen LogP contribution in [-0.4, -0.2) is 38.3 Å². The van der Waals surface area contributed by atoms with E-state index in [0.717, 1.165) is 31.8 Å². The minimum Gasteiger partial charge on any atom is -0.328 e. The summed E-state index contributed by atoms with van der Waals surface area (Å²) < 4.78 is 2.03. The summed E-state index contributed by atoms with van der Waals surface area (Å²) in [5.41, 5.74) is 5.99. The van der Waals surface area contributed by atoms with Gasteiger partial charge in [-0.15, -0.1) is 0 Å². The smallest absolute Gasteiger partial charge is 0.141 e. The van der Waals surface area contributed by atoms with Crippen LogP contribution in [0.1, 0.15) is 58.3 Å². The zero-order valence-electron chi connectivity index (χ0n) is 12.4. The second kappa shape index (κ2) is 6.48. The summed E-state index contributed by atoms with van der Waals surface area (Å²) in [5.74, 6) is 1.08. The van der Waals surface area contributed by atoms with Crippen LogP contribution in [0.25, 0.3) is 0 Å². The third-order valence-corrected chi connectivity index (χ3v) is 4.14. The number of nitrogens with zero attached hydrogens (tertiary/aromatic N) is 4. The average molecular weight is 265 g/mol. The highest BCUT2D eigenvalue weighted by Gasteiger charge is 2.24. The summed E-state index contributed by atoms with van der Waals surface area (Å²) in [6, 6.07) is 1.44. The standard InChI is InChI=1S/C14H27N5/c1-4-18(13-7-5-12(15)6-8-13)9-14-16-10-17-19(14)11(2)3/h10-13H,4-9,15H2,1-3H3. The van der Waals surface area contributed by atoms with Gasteiger partial charge in [-0.05, 0) is 46.1 Å². The molecule has 0 spiro atoms. The second-order valence-electron chi connectivity index (χ2n) is 5.85. The molecule has 108 valence electrons. The molecule has 5 nitrogen and oxygen atoms in total. The van der Waals surface area contributed by atoms with E-state index in [0.29, 0.717) is 18.1 Å². The van der Waals surface area contributed by atoms with Crippen molar-refractivity contribution >= 4 is 0 Å². The maximum Gasteiger partial charge on any atom is 0.141 e. The second-order valence-corrected chi connectivity index (χ2v) is 5.85. The van der Waals surface area contributed by atoms with Crippen molar-refractivity contribution in [2.24, 2.45) is 5.73 Å². The lowest BCUT2D eigenvalue weighted by Crippen LogP contribution is -2.41. The predicted molar refractivity (Wildman–Crippen MR) is 76.7 cm³/mol. The van der Waals surface area contributed by atoms with E-state index in [1.54, 1.807) is 6.33 Å². The summed E-state index contributed by atoms with van der Waals surface area (Å²) in [5, 5.41) is 4.32. The maximum absolute atomic E-state index is 5.99. The van der Waals surface area contributed by atoms with Gasteiger partial charge in [-0.25, -0.2) is 9.67 Å². The summed E-state index contributed by atoms with van der Waals surface area (Å²) in [6.07, 6.45) is 6.39. The molecule has 1 fully saturated rings. The molecule has 0 radical (unpaired) electrons. The van der Waals surface area contributed by atoms with Crippen LogP contribution in [0, 0.1) is 0 Å². The molecule has 0 unspecified atom stereocenters. The summed E-state index contributed by atoms with van der Waals surface area (Å²) in [6.45, 7) is 8.48. The van der Waals surface area contributed by atoms with Crippen molar-refractivity contribution in [1.29, 1.82) is 0 Å². The van der Waals surface area contributed by atoms with E-state index in [9.17, 15) is 0 Å². The third-order valence-electron chi connectivity index (χ3n) is 4.14. The molecule has 1 saturated carbocycles. The van der Waals surface area contributed by atoms with E-state index in [4.69, 9.17) is 5.73 Å². The van der Waals surface area contributed by atoms with Crippen molar-refractivity contribution in [2.45, 2.75) is 71.1 Å². The van der Waals surface area contributed by atoms with Gasteiger partial charge in [0.05, 0.1) is 6.54 Å². The van der Waals surface area contributed by atoms with E-state index in [-0.39, 0.29) is 0 Å². The molecule has 2 rings (SSSR count). The van der Waals surface area contributed by atoms with Crippen molar-refractivity contribution in [3.05, 3.63) is 12.2 Å². The van der Waals surface area contributed by atoms with Crippen LogP contribution < -0.4 is 5.73 Å². The van der Waals surface area contributed by atoms with Crippen molar-refractivity contribution < 1.29 is 0 Å². The van der Waals surface area contributed by atoms with Gasteiger partial charge in [-0.2, -0.15) is 5.10 Å². The molecule has 0 aliphatic heterocycles. The number of nitrogens with two attached hydrogens (primary N) is 1. The molecule has 5 heteroatoms. The Morgan fingerprint density at radius 3 is 2.63 bits per heavy atom. The summed E-state index contributed by atoms with van der Waals surface area (Å²) in [4.78, 5) is 6.94. The SMILES string of the molecule is CCN(Cc1ncnn1C(C)C)C1CCC(N)CC1. The fraction of sp³-hybridized carbons (Fsp3) is 0.857. The molecule has 0 atom stereocenters. The first-order valence-corrected chi connectivity index (χ1v) is 7.49. The molecule has 1 aromatic rings. The van der Waals surface area contributed by atoms with E-state index in [1.165, 1.54) is 12.8 Å². The van der Waals surface area contributed by atoms with Crippen molar-refractivity contribution in [2.75, 3.05) is 6.54 Å². The Labute approximate surface area is 116 Å². The molecule has 0 aromatic carbocycles. The molecule has 0 amide bonds. The zero-order chi connectivity index (χ0) is 13.8. The van der Waals surface area contributed by atoms with E-state index in [1.807, 2.05) is 4.68 Å². The summed E-state index contributed by atoms with van der Waals surface area (Å²) in [7, 11) is 0. The maximum atomic E-state index is 5.99. The van der Waals surface area contributed by atoms with Crippen LogP contribution in [0.5, 0.6) is 0 Å². The van der Waals surface area contributed by atoms with Crippen LogP contribution in [0.4, 0.5) is 0 Å². The van der Waals surface area contributed by atoms with Gasteiger partial charge in [-0.3, -0.25) is 4.90 Å². The molecule has 1 aliphatic rings. The predicted octanol–water partition coefficient (Wildman–Crippen LogP) is 1.95. The van der Waals surface area contributed by atoms with Gasteiger partial charge in [0, 0.05) is 18.1 Å². The molecule has 1 aromatic heterocycles. The van der Waals surface area contributed by atoms with E-state index >= 15 is 0 Å². The fourth-order valence-electron chi connectivity index (χ4n) is 2.97. The van der Waals surface area contributed by atoms with Crippen molar-refractivity contribution in [1.82, 2.24) is 19.7 Å². The minimum atomic E-state index is 0.371. The third kappa shape index (κ3) is 3.54. The normalized spacial score (nSPS) is 24.3. The molecule has 0 saturated heterocycles. The average Bonchev–Trinajstić information content (AvgIpc) is 2.85. The molecule has 1 heterocycles. The van der Waals surface area contributed by atoms with Gasteiger partial charge in [-0.1, -0.05) is 6.92 Å². The Hall–Kier alpha value is -0.940. The minimum absolute atomic E-state index is 0.371. The van der Waals surface area contributed by atoms with Gasteiger partial charge in [0.25, 0.3) is 0 Å². The quantitative estimate of drug-likeness (QED) is 0.884. The first kappa shape index (κ1) is 14.5. The van der Waals surface area contributed by atoms with Crippen molar-refractivity contribution in [3.63, 3.8) is 0 Å². The van der Waals surface area contributed by atoms with Crippen LogP contribution in [-0.2, 0) is 6.54 Å². The summed E-state index contributed by atoms with van der Waals surface area (Å²) >= 11 is 0. The Morgan fingerprint density at radius 1 is 1.37 bits per heavy atom. The number of aromatic nitrogens is 3. The highest BCUT2D eigenvalue weighted by Crippen LogP contribution is 2.23. The molecular weight excluding hydrogens is 238 g/mol. The number of rotatable bonds is 5. The van der Waals surface area contributed by atoms with Crippen molar-refractivity contribution in [3.8, 4) is 0 Å². The monoisotopic (exact) mass is 265 g/mol. The molecular formula is C14H27N5. The van der Waals surface area contributed by atoms with Crippen LogP contribution in [0.2, 0.25) is 0 Å².